The van der Waals surface area contributed by atoms with Crippen LogP contribution in [0.1, 0.15) is 72.2 Å². The largest absolute Gasteiger partial charge is 0.481 e. The smallest absolute Gasteiger partial charge is 0.305 e. The first-order chi connectivity index (χ1) is 19.1. The first-order valence-corrected chi connectivity index (χ1v) is 13.3. The highest BCUT2D eigenvalue weighted by atomic mass is 19.1. The van der Waals surface area contributed by atoms with Gasteiger partial charge in [-0.1, -0.05) is 38.1 Å². The lowest BCUT2D eigenvalue weighted by atomic mass is 9.87. The number of pyridine rings is 1. The molecule has 2 atom stereocenters. The summed E-state index contributed by atoms with van der Waals surface area (Å²) in [6.45, 7) is 3.99. The Morgan fingerprint density at radius 2 is 1.85 bits per heavy atom. The molecule has 9 nitrogen and oxygen atoms in total. The molecule has 0 saturated carbocycles. The molecule has 1 aromatic carbocycles. The van der Waals surface area contributed by atoms with Crippen LogP contribution in [0.5, 0.6) is 0 Å². The van der Waals surface area contributed by atoms with Gasteiger partial charge >= 0.3 is 5.97 Å². The third-order valence-corrected chi connectivity index (χ3v) is 6.85. The number of aryl methyl sites for hydroxylation is 1. The number of carboxylic acid groups (broad SMARTS) is 1. The van der Waals surface area contributed by atoms with Crippen molar-refractivity contribution in [3.63, 3.8) is 0 Å². The van der Waals surface area contributed by atoms with Crippen LogP contribution < -0.4 is 5.32 Å². The normalized spacial score (nSPS) is 14.4. The van der Waals surface area contributed by atoms with Gasteiger partial charge in [0.25, 0.3) is 5.91 Å². The zero-order valence-corrected chi connectivity index (χ0v) is 22.7. The average Bonchev–Trinajstić information content (AvgIpc) is 3.09. The minimum atomic E-state index is -1.19. The minimum Gasteiger partial charge on any atom is -0.481 e. The molecule has 10 heteroatoms. The summed E-state index contributed by atoms with van der Waals surface area (Å²) in [6, 6.07) is 6.20. The summed E-state index contributed by atoms with van der Waals surface area (Å²) in [5.41, 5.74) is 6.18. The van der Waals surface area contributed by atoms with Crippen LogP contribution in [-0.4, -0.2) is 61.4 Å². The number of nitrogens with one attached hydrogen (secondary N) is 1. The molecular formula is C30H33FN4O5. The Morgan fingerprint density at radius 1 is 1.12 bits per heavy atom. The van der Waals surface area contributed by atoms with Crippen LogP contribution in [0, 0.1) is 5.82 Å². The number of halogens is 1. The zero-order valence-electron chi connectivity index (χ0n) is 22.7. The van der Waals surface area contributed by atoms with E-state index in [-0.39, 0.29) is 29.9 Å². The number of amides is 1. The van der Waals surface area contributed by atoms with Crippen LogP contribution in [0.2, 0.25) is 0 Å². The molecule has 3 aromatic rings. The van der Waals surface area contributed by atoms with Crippen LogP contribution >= 0.6 is 0 Å². The molecule has 0 bridgehead atoms. The lowest BCUT2D eigenvalue weighted by Gasteiger charge is -2.22. The molecule has 4 N–H and O–H groups in total. The molecule has 4 rings (SSSR count). The predicted molar refractivity (Wildman–Crippen MR) is 148 cm³/mol. The van der Waals surface area contributed by atoms with Crippen LogP contribution in [0.15, 0.2) is 36.5 Å². The summed E-state index contributed by atoms with van der Waals surface area (Å²) in [4.78, 5) is 37.0. The van der Waals surface area contributed by atoms with Gasteiger partial charge in [-0.15, -0.1) is 0 Å². The maximum Gasteiger partial charge on any atom is 0.305 e. The third-order valence-electron chi connectivity index (χ3n) is 6.85. The molecule has 0 aliphatic heterocycles. The molecule has 1 aliphatic carbocycles. The van der Waals surface area contributed by atoms with Crippen LogP contribution in [0.4, 0.5) is 4.39 Å². The summed E-state index contributed by atoms with van der Waals surface area (Å²) in [5, 5.41) is 32.0. The Morgan fingerprint density at radius 3 is 2.50 bits per heavy atom. The molecule has 0 fully saturated rings. The molecule has 1 aliphatic rings. The highest BCUT2D eigenvalue weighted by Gasteiger charge is 2.27. The van der Waals surface area contributed by atoms with E-state index in [2.05, 4.69) is 15.3 Å². The van der Waals surface area contributed by atoms with Crippen LogP contribution in [0.25, 0.3) is 28.5 Å². The molecule has 2 heterocycles. The zero-order chi connectivity index (χ0) is 29.0. The van der Waals surface area contributed by atoms with Crippen molar-refractivity contribution in [1.29, 1.82) is 0 Å². The molecule has 0 radical (unpaired) electrons. The second kappa shape index (κ2) is 12.4. The van der Waals surface area contributed by atoms with E-state index in [1.54, 1.807) is 24.4 Å². The fourth-order valence-corrected chi connectivity index (χ4v) is 4.99. The number of carboxylic acids is 1. The van der Waals surface area contributed by atoms with Crippen molar-refractivity contribution in [1.82, 2.24) is 20.3 Å². The van der Waals surface area contributed by atoms with E-state index in [1.165, 1.54) is 25.3 Å². The minimum absolute atomic E-state index is 0.0448. The Kier molecular flexibility index (Phi) is 9.01. The van der Waals surface area contributed by atoms with E-state index in [0.717, 1.165) is 45.6 Å². The van der Waals surface area contributed by atoms with E-state index in [4.69, 9.17) is 10.1 Å². The van der Waals surface area contributed by atoms with Gasteiger partial charge in [0.05, 0.1) is 35.7 Å². The SMILES string of the molecule is CNC(=O)c1ncc2c(n1)CCCc1c-2nc(C(C)C)c(C=C[C@@H](O)C[C@@H](O)CC(=O)O)c1-c1ccc(F)cc1. The lowest BCUT2D eigenvalue weighted by molar-refractivity contribution is -0.139. The number of nitrogens with zero attached hydrogens (tertiary/aromatic N) is 3. The number of fused-ring (bicyclic) bond motifs is 3. The van der Waals surface area contributed by atoms with Gasteiger partial charge in [-0.2, -0.15) is 0 Å². The van der Waals surface area contributed by atoms with Crippen LogP contribution in [0.3, 0.4) is 0 Å². The molecule has 40 heavy (non-hydrogen) atoms. The molecule has 2 aromatic heterocycles. The number of carbonyl (C=O) groups excluding carboxylic acids is 1. The average molecular weight is 549 g/mol. The van der Waals surface area contributed by atoms with Crippen molar-refractivity contribution in [3.8, 4) is 22.4 Å². The predicted octanol–water partition coefficient (Wildman–Crippen LogP) is 3.92. The summed E-state index contributed by atoms with van der Waals surface area (Å²) in [5.74, 6) is -1.84. The maximum absolute atomic E-state index is 13.9. The molecular weight excluding hydrogens is 515 g/mol. The number of carbonyl (C=O) groups is 2. The lowest BCUT2D eigenvalue weighted by Crippen LogP contribution is -2.21. The Bertz CT molecular complexity index is 1440. The standard InChI is InChI=1S/C30H33FN4O5/c1-16(2)27-22(12-11-19(36)13-20(37)14-25(38)39)26(17-7-9-18(31)10-8-17)21-5-4-6-24-23(28(21)35-27)15-33-29(34-24)30(40)32-3/h7-12,15-16,19-20,36-37H,4-6,13-14H2,1-3H3,(H,32,40)(H,38,39)/t19-,20-/m1/s1. The van der Waals surface area contributed by atoms with E-state index in [1.807, 2.05) is 13.8 Å². The van der Waals surface area contributed by atoms with Gasteiger partial charge in [0.2, 0.25) is 5.82 Å². The van der Waals surface area contributed by atoms with Crippen molar-refractivity contribution >= 4 is 18.0 Å². The summed E-state index contributed by atoms with van der Waals surface area (Å²) < 4.78 is 13.9. The summed E-state index contributed by atoms with van der Waals surface area (Å²) in [7, 11) is 1.52. The van der Waals surface area contributed by atoms with Crippen LogP contribution in [-0.2, 0) is 17.6 Å². The highest BCUT2D eigenvalue weighted by Crippen LogP contribution is 2.41. The maximum atomic E-state index is 13.9. The van der Waals surface area contributed by atoms with Gasteiger partial charge in [-0.3, -0.25) is 14.6 Å². The number of aromatic nitrogens is 3. The number of aliphatic hydroxyl groups excluding tert-OH is 2. The Hall–Kier alpha value is -4.02. The highest BCUT2D eigenvalue weighted by molar-refractivity contribution is 5.91. The number of hydrogen-bond donors (Lipinski definition) is 4. The number of hydrogen-bond acceptors (Lipinski definition) is 7. The van der Waals surface area contributed by atoms with E-state index >= 15 is 0 Å². The fraction of sp³-hybridized carbons (Fsp3) is 0.367. The molecule has 0 unspecified atom stereocenters. The van der Waals surface area contributed by atoms with Gasteiger partial charge in [0, 0.05) is 30.8 Å². The second-order valence-electron chi connectivity index (χ2n) is 10.2. The third kappa shape index (κ3) is 6.40. The van der Waals surface area contributed by atoms with Gasteiger partial charge in [-0.05, 0) is 54.0 Å². The number of rotatable bonds is 9. The fourth-order valence-electron chi connectivity index (χ4n) is 4.99. The van der Waals surface area contributed by atoms with E-state index in [0.29, 0.717) is 18.5 Å². The van der Waals surface area contributed by atoms with Gasteiger partial charge < -0.3 is 20.6 Å². The monoisotopic (exact) mass is 548 g/mol. The molecule has 1 amide bonds. The first kappa shape index (κ1) is 29.0. The first-order valence-electron chi connectivity index (χ1n) is 13.3. The van der Waals surface area contributed by atoms with Crippen molar-refractivity contribution in [2.75, 3.05) is 7.05 Å². The topological polar surface area (TPSA) is 146 Å². The van der Waals surface area contributed by atoms with Gasteiger partial charge in [-0.25, -0.2) is 14.4 Å². The van der Waals surface area contributed by atoms with E-state index < -0.39 is 24.6 Å². The number of benzene rings is 1. The van der Waals surface area contributed by atoms with Gasteiger partial charge in [0.15, 0.2) is 0 Å². The molecule has 210 valence electrons. The van der Waals surface area contributed by atoms with Crippen molar-refractivity contribution in [2.24, 2.45) is 0 Å². The molecule has 0 spiro atoms. The van der Waals surface area contributed by atoms with Gasteiger partial charge in [0.1, 0.15) is 5.82 Å². The summed E-state index contributed by atoms with van der Waals surface area (Å²) in [6.07, 6.45) is 4.00. The number of aliphatic hydroxyl groups is 2. The molecule has 0 saturated heterocycles. The quantitative estimate of drug-likeness (QED) is 0.315. The Labute approximate surface area is 231 Å². The van der Waals surface area contributed by atoms with E-state index in [9.17, 15) is 24.2 Å². The number of aliphatic carboxylic acids is 1. The van der Waals surface area contributed by atoms with Crippen molar-refractivity contribution in [2.45, 2.75) is 64.1 Å². The summed E-state index contributed by atoms with van der Waals surface area (Å²) >= 11 is 0. The second-order valence-corrected chi connectivity index (χ2v) is 10.2. The Balaban J connectivity index is 1.91. The van der Waals surface area contributed by atoms with Crippen molar-refractivity contribution in [3.05, 3.63) is 70.7 Å². The van der Waals surface area contributed by atoms with Crippen molar-refractivity contribution < 1.29 is 29.3 Å².